The van der Waals surface area contributed by atoms with Gasteiger partial charge in [-0.2, -0.15) is 0 Å². The molecule has 0 fully saturated rings. The standard InChI is InChI=1S/C13H20N2O2.ClH/c1-3-15(13(16)12(14)10-17-2)9-11-7-5-4-6-8-11;/h4-8,12H,3,9-10,14H2,1-2H3;1H. The summed E-state index contributed by atoms with van der Waals surface area (Å²) < 4.78 is 4.90. The molecule has 0 saturated heterocycles. The first-order valence-corrected chi connectivity index (χ1v) is 5.76. The van der Waals surface area contributed by atoms with Crippen molar-refractivity contribution in [3.05, 3.63) is 35.9 Å². The van der Waals surface area contributed by atoms with Gasteiger partial charge in [-0.05, 0) is 12.5 Å². The lowest BCUT2D eigenvalue weighted by atomic mass is 10.2. The number of hydrogen-bond acceptors (Lipinski definition) is 3. The maximum Gasteiger partial charge on any atom is 0.242 e. The van der Waals surface area contributed by atoms with Crippen LogP contribution in [-0.4, -0.2) is 37.1 Å². The van der Waals surface area contributed by atoms with Crippen LogP contribution in [0.2, 0.25) is 0 Å². The summed E-state index contributed by atoms with van der Waals surface area (Å²) in [7, 11) is 1.54. The predicted octanol–water partition coefficient (Wildman–Crippen LogP) is 1.43. The van der Waals surface area contributed by atoms with Crippen molar-refractivity contribution >= 4 is 18.3 Å². The minimum absolute atomic E-state index is 0. The average molecular weight is 273 g/mol. The molecular weight excluding hydrogens is 252 g/mol. The van der Waals surface area contributed by atoms with E-state index in [1.54, 1.807) is 12.0 Å². The van der Waals surface area contributed by atoms with Crippen LogP contribution >= 0.6 is 12.4 Å². The van der Waals surface area contributed by atoms with Gasteiger partial charge >= 0.3 is 0 Å². The third-order valence-corrected chi connectivity index (χ3v) is 2.57. The van der Waals surface area contributed by atoms with Crippen LogP contribution in [0.25, 0.3) is 0 Å². The van der Waals surface area contributed by atoms with Gasteiger partial charge in [-0.3, -0.25) is 4.79 Å². The number of likely N-dealkylation sites (N-methyl/N-ethyl adjacent to an activating group) is 1. The average Bonchev–Trinajstić information content (AvgIpc) is 2.36. The number of halogens is 1. The molecule has 0 aliphatic heterocycles. The Hall–Kier alpha value is -1.10. The first-order valence-electron chi connectivity index (χ1n) is 5.76. The van der Waals surface area contributed by atoms with E-state index in [1.165, 1.54) is 0 Å². The number of hydrogen-bond donors (Lipinski definition) is 1. The zero-order chi connectivity index (χ0) is 12.7. The summed E-state index contributed by atoms with van der Waals surface area (Å²) in [6.45, 7) is 3.43. The molecule has 18 heavy (non-hydrogen) atoms. The van der Waals surface area contributed by atoms with Gasteiger partial charge in [-0.1, -0.05) is 30.3 Å². The lowest BCUT2D eigenvalue weighted by Gasteiger charge is -2.24. The molecule has 1 unspecified atom stereocenters. The van der Waals surface area contributed by atoms with E-state index < -0.39 is 6.04 Å². The lowest BCUT2D eigenvalue weighted by Crippen LogP contribution is -2.45. The van der Waals surface area contributed by atoms with Crippen molar-refractivity contribution in [2.45, 2.75) is 19.5 Å². The zero-order valence-corrected chi connectivity index (χ0v) is 11.7. The van der Waals surface area contributed by atoms with Crippen LogP contribution in [0, 0.1) is 0 Å². The number of nitrogens with zero attached hydrogens (tertiary/aromatic N) is 1. The minimum atomic E-state index is -0.580. The van der Waals surface area contributed by atoms with Crippen LogP contribution in [0.5, 0.6) is 0 Å². The predicted molar refractivity (Wildman–Crippen MR) is 74.6 cm³/mol. The summed E-state index contributed by atoms with van der Waals surface area (Å²) in [6, 6.07) is 9.29. The van der Waals surface area contributed by atoms with E-state index >= 15 is 0 Å². The van der Waals surface area contributed by atoms with Gasteiger partial charge in [0.2, 0.25) is 5.91 Å². The van der Waals surface area contributed by atoms with E-state index in [2.05, 4.69) is 0 Å². The Bertz CT molecular complexity index is 346. The molecule has 0 aliphatic rings. The molecule has 5 heteroatoms. The summed E-state index contributed by atoms with van der Waals surface area (Å²) in [6.07, 6.45) is 0. The third-order valence-electron chi connectivity index (χ3n) is 2.57. The Kier molecular flexibility index (Phi) is 8.37. The number of carbonyl (C=O) groups excluding carboxylic acids is 1. The van der Waals surface area contributed by atoms with E-state index in [0.717, 1.165) is 5.56 Å². The monoisotopic (exact) mass is 272 g/mol. The van der Waals surface area contributed by atoms with Gasteiger partial charge in [0.25, 0.3) is 0 Å². The molecule has 0 bridgehead atoms. The fourth-order valence-electron chi connectivity index (χ4n) is 1.63. The van der Waals surface area contributed by atoms with Crippen LogP contribution in [0.4, 0.5) is 0 Å². The summed E-state index contributed by atoms with van der Waals surface area (Å²) in [5.41, 5.74) is 6.85. The molecule has 2 N–H and O–H groups in total. The van der Waals surface area contributed by atoms with E-state index in [4.69, 9.17) is 10.5 Å². The summed E-state index contributed by atoms with van der Waals surface area (Å²) in [4.78, 5) is 13.7. The zero-order valence-electron chi connectivity index (χ0n) is 10.8. The normalized spacial score (nSPS) is 11.5. The number of amides is 1. The number of ether oxygens (including phenoxy) is 1. The molecule has 0 aliphatic carbocycles. The van der Waals surface area contributed by atoms with Gasteiger partial charge in [0.1, 0.15) is 6.04 Å². The Labute approximate surface area is 115 Å². The molecule has 1 atom stereocenters. The topological polar surface area (TPSA) is 55.6 Å². The Morgan fingerprint density at radius 2 is 2.00 bits per heavy atom. The molecule has 1 aromatic carbocycles. The van der Waals surface area contributed by atoms with Crippen molar-refractivity contribution in [2.24, 2.45) is 5.73 Å². The quantitative estimate of drug-likeness (QED) is 0.852. The van der Waals surface area contributed by atoms with Crippen molar-refractivity contribution in [1.82, 2.24) is 4.90 Å². The van der Waals surface area contributed by atoms with Crippen LogP contribution in [0.3, 0.4) is 0 Å². The fraction of sp³-hybridized carbons (Fsp3) is 0.462. The molecule has 0 spiro atoms. The third kappa shape index (κ3) is 5.04. The number of methoxy groups -OCH3 is 1. The van der Waals surface area contributed by atoms with E-state index in [-0.39, 0.29) is 24.9 Å². The molecular formula is C13H21ClN2O2. The molecule has 0 aromatic heterocycles. The summed E-state index contributed by atoms with van der Waals surface area (Å²) >= 11 is 0. The van der Waals surface area contributed by atoms with Gasteiger partial charge < -0.3 is 15.4 Å². The van der Waals surface area contributed by atoms with Crippen molar-refractivity contribution in [1.29, 1.82) is 0 Å². The van der Waals surface area contributed by atoms with Crippen LogP contribution in [-0.2, 0) is 16.1 Å². The maximum atomic E-state index is 12.0. The molecule has 1 rings (SSSR count). The Balaban J connectivity index is 0.00000289. The highest BCUT2D eigenvalue weighted by Crippen LogP contribution is 2.05. The smallest absolute Gasteiger partial charge is 0.242 e. The van der Waals surface area contributed by atoms with Crippen molar-refractivity contribution in [3.8, 4) is 0 Å². The maximum absolute atomic E-state index is 12.0. The second kappa shape index (κ2) is 8.91. The number of nitrogens with two attached hydrogens (primary N) is 1. The Morgan fingerprint density at radius 3 is 2.50 bits per heavy atom. The van der Waals surface area contributed by atoms with Gasteiger partial charge in [0, 0.05) is 20.2 Å². The highest BCUT2D eigenvalue weighted by atomic mass is 35.5. The summed E-state index contributed by atoms with van der Waals surface area (Å²) in [5.74, 6) is -0.0711. The van der Waals surface area contributed by atoms with Crippen molar-refractivity contribution in [3.63, 3.8) is 0 Å². The SMILES string of the molecule is CCN(Cc1ccccc1)C(=O)C(N)COC.Cl. The molecule has 0 heterocycles. The van der Waals surface area contributed by atoms with E-state index in [1.807, 2.05) is 37.3 Å². The first kappa shape index (κ1) is 16.9. The molecule has 0 saturated carbocycles. The summed E-state index contributed by atoms with van der Waals surface area (Å²) in [5, 5.41) is 0. The van der Waals surface area contributed by atoms with Gasteiger partial charge in [-0.15, -0.1) is 12.4 Å². The molecule has 1 amide bonds. The van der Waals surface area contributed by atoms with Gasteiger partial charge in [-0.25, -0.2) is 0 Å². The molecule has 0 radical (unpaired) electrons. The van der Waals surface area contributed by atoms with Gasteiger partial charge in [0.15, 0.2) is 0 Å². The first-order chi connectivity index (χ1) is 8.19. The fourth-order valence-corrected chi connectivity index (χ4v) is 1.63. The second-order valence-corrected chi connectivity index (χ2v) is 3.90. The van der Waals surface area contributed by atoms with Crippen LogP contribution in [0.1, 0.15) is 12.5 Å². The molecule has 4 nitrogen and oxygen atoms in total. The Morgan fingerprint density at radius 1 is 1.39 bits per heavy atom. The largest absolute Gasteiger partial charge is 0.383 e. The minimum Gasteiger partial charge on any atom is -0.383 e. The number of benzene rings is 1. The van der Waals surface area contributed by atoms with Crippen LogP contribution in [0.15, 0.2) is 30.3 Å². The number of rotatable bonds is 6. The van der Waals surface area contributed by atoms with E-state index in [9.17, 15) is 4.79 Å². The second-order valence-electron chi connectivity index (χ2n) is 3.90. The highest BCUT2D eigenvalue weighted by Gasteiger charge is 2.19. The number of carbonyl (C=O) groups is 1. The molecule has 102 valence electrons. The lowest BCUT2D eigenvalue weighted by molar-refractivity contribution is -0.134. The molecule has 1 aromatic rings. The van der Waals surface area contributed by atoms with Crippen molar-refractivity contribution < 1.29 is 9.53 Å². The van der Waals surface area contributed by atoms with Crippen LogP contribution < -0.4 is 5.73 Å². The van der Waals surface area contributed by atoms with Crippen molar-refractivity contribution in [2.75, 3.05) is 20.3 Å². The van der Waals surface area contributed by atoms with E-state index in [0.29, 0.717) is 13.1 Å². The van der Waals surface area contributed by atoms with Gasteiger partial charge in [0.05, 0.1) is 6.61 Å². The highest BCUT2D eigenvalue weighted by molar-refractivity contribution is 5.85.